The summed E-state index contributed by atoms with van der Waals surface area (Å²) in [6, 6.07) is 3.63. The molecule has 0 saturated carbocycles. The number of ether oxygens (including phenoxy) is 2. The molecule has 2 atom stereocenters. The van der Waals surface area contributed by atoms with Gasteiger partial charge in [0.15, 0.2) is 0 Å². The zero-order chi connectivity index (χ0) is 21.2. The molecule has 1 fully saturated rings. The van der Waals surface area contributed by atoms with Crippen molar-refractivity contribution >= 4 is 46.9 Å². The van der Waals surface area contributed by atoms with Gasteiger partial charge in [0.25, 0.3) is 11.6 Å². The fourth-order valence-corrected chi connectivity index (χ4v) is 5.31. The predicted molar refractivity (Wildman–Crippen MR) is 102 cm³/mol. The van der Waals surface area contributed by atoms with Crippen LogP contribution in [-0.4, -0.2) is 58.7 Å². The van der Waals surface area contributed by atoms with Crippen LogP contribution >= 0.6 is 23.1 Å². The Hall–Kier alpha value is -1.37. The standard InChI is InChI=1S/C18H20N2O7S2.Na/c1-3-27-18(19-13(22)7-12-5-4-6-28-12)16(25)20-14(15(23)24)11(8-26-10(2)21)9-29-17(18)20;/h4-6,17H,3,7-9H2,1-2H3,(H,19,22)(H,23,24);/q;+1/p-1/t17-,18?;/m0./s1. The number of hydrogen-bond donors (Lipinski definition) is 1. The third-order valence-corrected chi connectivity index (χ3v) is 6.62. The molecule has 1 unspecified atom stereocenters. The van der Waals surface area contributed by atoms with E-state index in [0.717, 1.165) is 9.78 Å². The van der Waals surface area contributed by atoms with E-state index >= 15 is 0 Å². The van der Waals surface area contributed by atoms with Crippen LogP contribution in [0, 0.1) is 0 Å². The number of hydrogen-bond acceptors (Lipinski definition) is 9. The Bertz CT molecular complexity index is 874. The summed E-state index contributed by atoms with van der Waals surface area (Å²) in [5, 5.41) is 15.4. The number of β-lactam (4-membered cyclic amide) rings is 1. The first-order valence-corrected chi connectivity index (χ1v) is 10.7. The van der Waals surface area contributed by atoms with E-state index in [1.807, 2.05) is 11.4 Å². The van der Waals surface area contributed by atoms with Crippen LogP contribution in [0.25, 0.3) is 0 Å². The number of thioether (sulfide) groups is 1. The van der Waals surface area contributed by atoms with Crippen molar-refractivity contribution in [2.75, 3.05) is 19.0 Å². The molecule has 0 radical (unpaired) electrons. The van der Waals surface area contributed by atoms with Gasteiger partial charge in [-0.25, -0.2) is 0 Å². The van der Waals surface area contributed by atoms with Crippen molar-refractivity contribution in [3.05, 3.63) is 33.7 Å². The minimum atomic E-state index is -1.65. The molecule has 2 aliphatic rings. The van der Waals surface area contributed by atoms with Gasteiger partial charge in [0.2, 0.25) is 5.91 Å². The zero-order valence-electron chi connectivity index (χ0n) is 16.8. The second-order valence-corrected chi connectivity index (χ2v) is 8.43. The Kier molecular flexibility index (Phi) is 8.54. The van der Waals surface area contributed by atoms with Crippen LogP contribution in [0.4, 0.5) is 0 Å². The fraction of sp³-hybridized carbons (Fsp3) is 0.444. The van der Waals surface area contributed by atoms with Crippen molar-refractivity contribution < 1.29 is 63.3 Å². The number of amides is 2. The van der Waals surface area contributed by atoms with Gasteiger partial charge in [0.1, 0.15) is 12.0 Å². The molecule has 12 heteroatoms. The van der Waals surface area contributed by atoms with E-state index < -0.39 is 34.9 Å². The van der Waals surface area contributed by atoms with Gasteiger partial charge in [0, 0.05) is 29.7 Å². The number of carbonyl (C=O) groups excluding carboxylic acids is 4. The fourth-order valence-electron chi connectivity index (χ4n) is 3.21. The van der Waals surface area contributed by atoms with Crippen LogP contribution in [0.2, 0.25) is 0 Å². The van der Waals surface area contributed by atoms with E-state index in [0.29, 0.717) is 0 Å². The van der Waals surface area contributed by atoms with Gasteiger partial charge >= 0.3 is 35.5 Å². The van der Waals surface area contributed by atoms with Crippen LogP contribution in [0.5, 0.6) is 0 Å². The van der Waals surface area contributed by atoms with E-state index in [9.17, 15) is 24.3 Å². The second kappa shape index (κ2) is 10.3. The number of nitrogens with one attached hydrogen (secondary N) is 1. The van der Waals surface area contributed by atoms with Crippen molar-refractivity contribution in [1.29, 1.82) is 0 Å². The average Bonchev–Trinajstić information content (AvgIpc) is 3.17. The second-order valence-electron chi connectivity index (χ2n) is 6.33. The maximum Gasteiger partial charge on any atom is 1.00 e. The van der Waals surface area contributed by atoms with E-state index in [1.165, 1.54) is 30.0 Å². The third-order valence-electron chi connectivity index (χ3n) is 4.37. The molecular weight excluding hydrogens is 443 g/mol. The van der Waals surface area contributed by atoms with Gasteiger partial charge in [-0.1, -0.05) is 6.07 Å². The number of esters is 1. The molecule has 1 aromatic rings. The van der Waals surface area contributed by atoms with Gasteiger partial charge in [0.05, 0.1) is 18.1 Å². The molecule has 9 nitrogen and oxygen atoms in total. The maximum atomic E-state index is 13.0. The molecule has 1 aromatic heterocycles. The Morgan fingerprint density at radius 1 is 1.40 bits per heavy atom. The Morgan fingerprint density at radius 2 is 2.13 bits per heavy atom. The number of nitrogens with zero attached hydrogens (tertiary/aromatic N) is 1. The monoisotopic (exact) mass is 462 g/mol. The summed E-state index contributed by atoms with van der Waals surface area (Å²) in [5.74, 6) is -3.04. The number of thiophene rings is 1. The minimum absolute atomic E-state index is 0. The normalized spacial score (nSPS) is 22.5. The Labute approximate surface area is 203 Å². The summed E-state index contributed by atoms with van der Waals surface area (Å²) in [4.78, 5) is 50.1. The first-order valence-electron chi connectivity index (χ1n) is 8.79. The van der Waals surface area contributed by atoms with Crippen LogP contribution in [0.3, 0.4) is 0 Å². The molecule has 30 heavy (non-hydrogen) atoms. The summed E-state index contributed by atoms with van der Waals surface area (Å²) in [5.41, 5.74) is -1.74. The summed E-state index contributed by atoms with van der Waals surface area (Å²) in [6.45, 7) is 2.77. The Morgan fingerprint density at radius 3 is 2.70 bits per heavy atom. The molecule has 1 saturated heterocycles. The van der Waals surface area contributed by atoms with E-state index in [-0.39, 0.29) is 66.2 Å². The molecule has 0 aromatic carbocycles. The first kappa shape index (κ1) is 24.9. The molecular formula is C18H19N2NaO7S2. The number of fused-ring (bicyclic) bond motifs is 1. The van der Waals surface area contributed by atoms with E-state index in [1.54, 1.807) is 13.0 Å². The minimum Gasteiger partial charge on any atom is -0.543 e. The average molecular weight is 462 g/mol. The number of carbonyl (C=O) groups is 4. The van der Waals surface area contributed by atoms with Gasteiger partial charge in [-0.3, -0.25) is 19.3 Å². The third kappa shape index (κ3) is 4.76. The number of rotatable bonds is 8. The van der Waals surface area contributed by atoms with Crippen molar-refractivity contribution in [2.45, 2.75) is 31.4 Å². The van der Waals surface area contributed by atoms with Crippen LogP contribution in [0.15, 0.2) is 28.8 Å². The van der Waals surface area contributed by atoms with Crippen LogP contribution in [0.1, 0.15) is 18.7 Å². The van der Waals surface area contributed by atoms with E-state index in [4.69, 9.17) is 9.47 Å². The van der Waals surface area contributed by atoms with Crippen molar-refractivity contribution in [3.8, 4) is 0 Å². The maximum absolute atomic E-state index is 13.0. The summed E-state index contributed by atoms with van der Waals surface area (Å²) in [6.07, 6.45) is 0.0814. The van der Waals surface area contributed by atoms with Crippen LogP contribution in [-0.2, 0) is 35.1 Å². The van der Waals surface area contributed by atoms with E-state index in [2.05, 4.69) is 5.32 Å². The van der Waals surface area contributed by atoms with Crippen LogP contribution < -0.4 is 40.0 Å². The molecule has 0 bridgehead atoms. The molecule has 2 aliphatic heterocycles. The SMILES string of the molecule is CCOC1(NC(=O)Cc2cccs2)C(=O)N2C(C(=O)[O-])=C(COC(C)=O)CS[C@H]21.[Na+]. The molecule has 156 valence electrons. The van der Waals surface area contributed by atoms with Crippen molar-refractivity contribution in [1.82, 2.24) is 10.2 Å². The molecule has 2 amide bonds. The van der Waals surface area contributed by atoms with Crippen molar-refractivity contribution in [2.24, 2.45) is 0 Å². The predicted octanol–water partition coefficient (Wildman–Crippen LogP) is -3.37. The van der Waals surface area contributed by atoms with Gasteiger partial charge < -0.3 is 24.7 Å². The summed E-state index contributed by atoms with van der Waals surface area (Å²) >= 11 is 2.64. The topological polar surface area (TPSA) is 125 Å². The first-order chi connectivity index (χ1) is 13.8. The number of carboxylic acid groups (broad SMARTS) is 1. The summed E-state index contributed by atoms with van der Waals surface area (Å²) < 4.78 is 10.5. The molecule has 1 N–H and O–H groups in total. The smallest absolute Gasteiger partial charge is 0.543 e. The zero-order valence-corrected chi connectivity index (χ0v) is 20.4. The van der Waals surface area contributed by atoms with Gasteiger partial charge in [-0.15, -0.1) is 23.1 Å². The quantitative estimate of drug-likeness (QED) is 0.184. The molecule has 3 rings (SSSR count). The number of carboxylic acids is 1. The largest absolute Gasteiger partial charge is 1.00 e. The van der Waals surface area contributed by atoms with Gasteiger partial charge in [-0.2, -0.15) is 0 Å². The molecule has 0 spiro atoms. The Balaban J connectivity index is 0.00000320. The van der Waals surface area contributed by atoms with Crippen molar-refractivity contribution in [3.63, 3.8) is 0 Å². The summed E-state index contributed by atoms with van der Waals surface area (Å²) in [7, 11) is 0. The molecule has 3 heterocycles. The molecule has 0 aliphatic carbocycles. The van der Waals surface area contributed by atoms with Gasteiger partial charge in [-0.05, 0) is 18.4 Å². The number of aliphatic carboxylic acids is 1.